The van der Waals surface area contributed by atoms with Crippen LogP contribution in [0.5, 0.6) is 11.5 Å². The number of ketones is 1. The molecule has 1 atom stereocenters. The number of aliphatic hydroxyl groups is 1. The molecule has 2 aromatic carbocycles. The maximum Gasteiger partial charge on any atom is 0.295 e. The Bertz CT molecular complexity index is 1030. The fraction of sp³-hybridized carbons (Fsp3) is 0.429. The summed E-state index contributed by atoms with van der Waals surface area (Å²) in [7, 11) is 1.59. The minimum atomic E-state index is -0.711. The van der Waals surface area contributed by atoms with Crippen LogP contribution in [0.15, 0.2) is 54.1 Å². The van der Waals surface area contributed by atoms with Crippen molar-refractivity contribution in [2.75, 3.05) is 33.5 Å². The second-order valence-electron chi connectivity index (χ2n) is 8.42. The number of Topliss-reactive ketones (excluding diaryl/α,β-unsaturated/α-hetero) is 1. The molecule has 1 heterocycles. The molecule has 1 aliphatic rings. The molecule has 7 heteroatoms. The van der Waals surface area contributed by atoms with Crippen LogP contribution in [0.3, 0.4) is 0 Å². The van der Waals surface area contributed by atoms with E-state index in [1.807, 2.05) is 31.2 Å². The minimum Gasteiger partial charge on any atom is -0.507 e. The molecule has 0 aromatic heterocycles. The molecule has 1 aliphatic heterocycles. The molecule has 0 spiro atoms. The molecule has 188 valence electrons. The molecule has 7 nitrogen and oxygen atoms in total. The Kier molecular flexibility index (Phi) is 9.73. The highest BCUT2D eigenvalue weighted by Gasteiger charge is 2.45. The van der Waals surface area contributed by atoms with E-state index in [-0.39, 0.29) is 11.3 Å². The fourth-order valence-corrected chi connectivity index (χ4v) is 4.18. The van der Waals surface area contributed by atoms with Crippen LogP contribution in [-0.4, -0.2) is 55.2 Å². The lowest BCUT2D eigenvalue weighted by atomic mass is 9.95. The zero-order valence-corrected chi connectivity index (χ0v) is 20.8. The molecule has 1 unspecified atom stereocenters. The lowest BCUT2D eigenvalue weighted by molar-refractivity contribution is -0.140. The van der Waals surface area contributed by atoms with Gasteiger partial charge in [0.2, 0.25) is 0 Å². The predicted octanol–water partition coefficient (Wildman–Crippen LogP) is 5.11. The number of hydrogen-bond donors (Lipinski definition) is 1. The normalized spacial score (nSPS) is 17.1. The summed E-state index contributed by atoms with van der Waals surface area (Å²) >= 11 is 0. The topological polar surface area (TPSA) is 85.3 Å². The van der Waals surface area contributed by atoms with Crippen molar-refractivity contribution in [1.29, 1.82) is 0 Å². The first-order chi connectivity index (χ1) is 17.0. The van der Waals surface area contributed by atoms with Gasteiger partial charge in [-0.05, 0) is 49.6 Å². The summed E-state index contributed by atoms with van der Waals surface area (Å²) in [6.07, 6.45) is 3.78. The van der Waals surface area contributed by atoms with Crippen LogP contribution in [0.2, 0.25) is 0 Å². The summed E-state index contributed by atoms with van der Waals surface area (Å²) in [5, 5.41) is 11.2. The van der Waals surface area contributed by atoms with Crippen LogP contribution < -0.4 is 9.47 Å². The van der Waals surface area contributed by atoms with Gasteiger partial charge in [-0.1, -0.05) is 44.0 Å². The molecule has 0 radical (unpaired) electrons. The molecular formula is C28H35NO6. The zero-order valence-electron chi connectivity index (χ0n) is 20.8. The predicted molar refractivity (Wildman–Crippen MR) is 135 cm³/mol. The standard InChI is InChI=1S/C28H35NO6/c1-4-6-7-18-35-22-14-12-20(13-15-22)25-24(27(31)28(32)29(25)16-9-17-33-3)26(30)21-10-8-11-23(19-21)34-5-2/h8,10-15,19,25,30H,4-7,9,16-18H2,1-3H3. The van der Waals surface area contributed by atoms with Crippen molar-refractivity contribution in [3.63, 3.8) is 0 Å². The van der Waals surface area contributed by atoms with Crippen LogP contribution in [-0.2, 0) is 14.3 Å². The Morgan fingerprint density at radius 3 is 2.40 bits per heavy atom. The van der Waals surface area contributed by atoms with E-state index in [2.05, 4.69) is 6.92 Å². The average Bonchev–Trinajstić information content (AvgIpc) is 3.12. The minimum absolute atomic E-state index is 0.0673. The second-order valence-corrected chi connectivity index (χ2v) is 8.42. The van der Waals surface area contributed by atoms with E-state index in [4.69, 9.17) is 14.2 Å². The lowest BCUT2D eigenvalue weighted by Gasteiger charge is -2.25. The summed E-state index contributed by atoms with van der Waals surface area (Å²) in [5.74, 6) is -0.248. The van der Waals surface area contributed by atoms with Gasteiger partial charge in [0.05, 0.1) is 24.8 Å². The van der Waals surface area contributed by atoms with Crippen molar-refractivity contribution in [1.82, 2.24) is 4.90 Å². The molecule has 1 amide bonds. The van der Waals surface area contributed by atoms with Gasteiger partial charge in [-0.15, -0.1) is 0 Å². The van der Waals surface area contributed by atoms with Gasteiger partial charge in [-0.25, -0.2) is 0 Å². The van der Waals surface area contributed by atoms with Gasteiger partial charge in [0, 0.05) is 25.8 Å². The number of methoxy groups -OCH3 is 1. The summed E-state index contributed by atoms with van der Waals surface area (Å²) in [5.41, 5.74) is 1.22. The van der Waals surface area contributed by atoms with Crippen molar-refractivity contribution in [3.8, 4) is 11.5 Å². The number of hydrogen-bond acceptors (Lipinski definition) is 6. The summed E-state index contributed by atoms with van der Waals surface area (Å²) < 4.78 is 16.5. The van der Waals surface area contributed by atoms with E-state index in [0.717, 1.165) is 30.6 Å². The third kappa shape index (κ3) is 6.42. The monoisotopic (exact) mass is 481 g/mol. The van der Waals surface area contributed by atoms with Crippen LogP contribution in [0, 0.1) is 0 Å². The summed E-state index contributed by atoms with van der Waals surface area (Å²) in [4.78, 5) is 27.7. The van der Waals surface area contributed by atoms with Crippen LogP contribution >= 0.6 is 0 Å². The zero-order chi connectivity index (χ0) is 25.2. The SMILES string of the molecule is CCCCCOc1ccc(C2C(=C(O)c3cccc(OCC)c3)C(=O)C(=O)N2CCCOC)cc1. The van der Waals surface area contributed by atoms with Gasteiger partial charge in [0.15, 0.2) is 0 Å². The summed E-state index contributed by atoms with van der Waals surface area (Å²) in [6.45, 7) is 5.91. The number of nitrogens with zero attached hydrogens (tertiary/aromatic N) is 1. The molecule has 0 bridgehead atoms. The van der Waals surface area contributed by atoms with E-state index < -0.39 is 17.7 Å². The number of carbonyl (C=O) groups is 2. The molecule has 1 N–H and O–H groups in total. The molecule has 3 rings (SSSR count). The van der Waals surface area contributed by atoms with Crippen molar-refractivity contribution in [3.05, 3.63) is 65.2 Å². The van der Waals surface area contributed by atoms with Crippen molar-refractivity contribution in [2.45, 2.75) is 45.6 Å². The van der Waals surface area contributed by atoms with Gasteiger partial charge in [0.25, 0.3) is 11.7 Å². The van der Waals surface area contributed by atoms with Crippen LogP contribution in [0.25, 0.3) is 5.76 Å². The molecular weight excluding hydrogens is 446 g/mol. The number of likely N-dealkylation sites (tertiary alicyclic amines) is 1. The van der Waals surface area contributed by atoms with Gasteiger partial charge < -0.3 is 24.2 Å². The average molecular weight is 482 g/mol. The van der Waals surface area contributed by atoms with Crippen molar-refractivity contribution < 1.29 is 28.9 Å². The smallest absolute Gasteiger partial charge is 0.295 e. The van der Waals surface area contributed by atoms with Crippen molar-refractivity contribution in [2.24, 2.45) is 0 Å². The van der Waals surface area contributed by atoms with Gasteiger partial charge >= 0.3 is 0 Å². The van der Waals surface area contributed by atoms with E-state index >= 15 is 0 Å². The molecule has 0 aliphatic carbocycles. The Balaban J connectivity index is 1.98. The van der Waals surface area contributed by atoms with Crippen LogP contribution in [0.4, 0.5) is 0 Å². The quantitative estimate of drug-likeness (QED) is 0.185. The van der Waals surface area contributed by atoms with Gasteiger partial charge in [-0.2, -0.15) is 0 Å². The third-order valence-corrected chi connectivity index (χ3v) is 5.92. The fourth-order valence-electron chi connectivity index (χ4n) is 4.18. The molecule has 1 saturated heterocycles. The number of amides is 1. The first-order valence-corrected chi connectivity index (χ1v) is 12.2. The second kappa shape index (κ2) is 13.0. The molecule has 0 saturated carbocycles. The highest BCUT2D eigenvalue weighted by atomic mass is 16.5. The van der Waals surface area contributed by atoms with Gasteiger partial charge in [-0.3, -0.25) is 9.59 Å². The number of aliphatic hydroxyl groups excluding tert-OH is 1. The Morgan fingerprint density at radius 2 is 1.71 bits per heavy atom. The maximum absolute atomic E-state index is 13.1. The highest BCUT2D eigenvalue weighted by Crippen LogP contribution is 2.40. The van der Waals surface area contributed by atoms with Gasteiger partial charge in [0.1, 0.15) is 17.3 Å². The van der Waals surface area contributed by atoms with E-state index in [1.165, 1.54) is 4.90 Å². The Labute approximate surface area is 207 Å². The molecule has 1 fully saturated rings. The van der Waals surface area contributed by atoms with E-state index in [1.54, 1.807) is 31.4 Å². The number of ether oxygens (including phenoxy) is 3. The Morgan fingerprint density at radius 1 is 0.943 bits per heavy atom. The maximum atomic E-state index is 13.1. The first kappa shape index (κ1) is 26.3. The lowest BCUT2D eigenvalue weighted by Crippen LogP contribution is -2.31. The van der Waals surface area contributed by atoms with Crippen LogP contribution in [0.1, 0.15) is 56.7 Å². The van der Waals surface area contributed by atoms with Crippen molar-refractivity contribution >= 4 is 17.4 Å². The first-order valence-electron chi connectivity index (χ1n) is 12.2. The molecule has 35 heavy (non-hydrogen) atoms. The number of benzene rings is 2. The number of carbonyl (C=O) groups excluding carboxylic acids is 2. The summed E-state index contributed by atoms with van der Waals surface area (Å²) in [6, 6.07) is 13.5. The number of unbranched alkanes of at least 4 members (excludes halogenated alkanes) is 2. The van der Waals surface area contributed by atoms with E-state index in [0.29, 0.717) is 44.1 Å². The molecule has 2 aromatic rings. The highest BCUT2D eigenvalue weighted by molar-refractivity contribution is 6.46. The van der Waals surface area contributed by atoms with E-state index in [9.17, 15) is 14.7 Å². The third-order valence-electron chi connectivity index (χ3n) is 5.92. The largest absolute Gasteiger partial charge is 0.507 e. The number of rotatable bonds is 13. The Hall–Kier alpha value is -3.32.